The lowest BCUT2D eigenvalue weighted by molar-refractivity contribution is -0.136. The summed E-state index contributed by atoms with van der Waals surface area (Å²) >= 11 is 0. The lowest BCUT2D eigenvalue weighted by Gasteiger charge is -2.30. The minimum atomic E-state index is -0.319. The molecular weight excluding hydrogens is 443 g/mol. The SMILES string of the molecule is C#CCNC(=NCC(C(=O)N1CCOCC1)c1ccccc1)NCC.I. The Hall–Kier alpha value is -1.79. The van der Waals surface area contributed by atoms with Crippen LogP contribution in [0.25, 0.3) is 0 Å². The predicted octanol–water partition coefficient (Wildman–Crippen LogP) is 1.44. The number of nitrogens with zero attached hydrogens (tertiary/aromatic N) is 2. The summed E-state index contributed by atoms with van der Waals surface area (Å²) in [5, 5.41) is 6.19. The minimum absolute atomic E-state index is 0. The molecule has 1 fully saturated rings. The van der Waals surface area contributed by atoms with Gasteiger partial charge in [0.2, 0.25) is 5.91 Å². The Morgan fingerprint density at radius 3 is 2.62 bits per heavy atom. The molecule has 1 heterocycles. The molecule has 0 saturated carbocycles. The second-order valence-electron chi connectivity index (χ2n) is 5.68. The molecule has 1 aliphatic heterocycles. The van der Waals surface area contributed by atoms with Crippen LogP contribution in [-0.2, 0) is 9.53 Å². The van der Waals surface area contributed by atoms with Crippen LogP contribution in [0, 0.1) is 12.3 Å². The standard InChI is InChI=1S/C19H26N4O2.HI/c1-3-10-21-19(20-4-2)22-15-17(16-8-6-5-7-9-16)18(24)23-11-13-25-14-12-23;/h1,5-9,17H,4,10-15H2,2H3,(H2,20,21,22);1H. The van der Waals surface area contributed by atoms with Crippen LogP contribution in [0.3, 0.4) is 0 Å². The van der Waals surface area contributed by atoms with E-state index in [0.29, 0.717) is 45.4 Å². The van der Waals surface area contributed by atoms with E-state index in [9.17, 15) is 4.79 Å². The molecule has 1 unspecified atom stereocenters. The van der Waals surface area contributed by atoms with Crippen molar-refractivity contribution in [3.05, 3.63) is 35.9 Å². The van der Waals surface area contributed by atoms with Crippen molar-refractivity contribution < 1.29 is 9.53 Å². The first-order chi connectivity index (χ1) is 12.3. The molecule has 26 heavy (non-hydrogen) atoms. The highest BCUT2D eigenvalue weighted by Crippen LogP contribution is 2.20. The van der Waals surface area contributed by atoms with E-state index in [4.69, 9.17) is 11.2 Å². The van der Waals surface area contributed by atoms with Crippen molar-refractivity contribution in [3.8, 4) is 12.3 Å². The maximum absolute atomic E-state index is 13.0. The maximum atomic E-state index is 13.0. The molecule has 0 aliphatic carbocycles. The molecule has 2 N–H and O–H groups in total. The zero-order valence-electron chi connectivity index (χ0n) is 15.1. The van der Waals surface area contributed by atoms with E-state index in [1.807, 2.05) is 42.2 Å². The van der Waals surface area contributed by atoms with Crippen LogP contribution in [0.5, 0.6) is 0 Å². The topological polar surface area (TPSA) is 66.0 Å². The van der Waals surface area contributed by atoms with Gasteiger partial charge in [-0.05, 0) is 12.5 Å². The van der Waals surface area contributed by atoms with Crippen LogP contribution in [-0.4, -0.2) is 62.7 Å². The fraction of sp³-hybridized carbons (Fsp3) is 0.474. The summed E-state index contributed by atoms with van der Waals surface area (Å²) in [6.45, 7) is 5.89. The number of hydrogen-bond acceptors (Lipinski definition) is 3. The first kappa shape index (κ1) is 22.3. The van der Waals surface area contributed by atoms with Crippen LogP contribution < -0.4 is 10.6 Å². The van der Waals surface area contributed by atoms with Crippen LogP contribution in [0.1, 0.15) is 18.4 Å². The third kappa shape index (κ3) is 6.84. The molecule has 0 spiro atoms. The molecule has 1 atom stereocenters. The lowest BCUT2D eigenvalue weighted by atomic mass is 9.97. The third-order valence-corrected chi connectivity index (χ3v) is 3.96. The van der Waals surface area contributed by atoms with E-state index in [1.165, 1.54) is 0 Å². The number of amides is 1. The van der Waals surface area contributed by atoms with E-state index in [1.54, 1.807) is 0 Å². The first-order valence-electron chi connectivity index (χ1n) is 8.63. The van der Waals surface area contributed by atoms with Crippen molar-refractivity contribution >= 4 is 35.8 Å². The van der Waals surface area contributed by atoms with Crippen molar-refractivity contribution in [2.45, 2.75) is 12.8 Å². The van der Waals surface area contributed by atoms with Gasteiger partial charge in [-0.2, -0.15) is 0 Å². The number of halogens is 1. The molecule has 0 bridgehead atoms. The fourth-order valence-electron chi connectivity index (χ4n) is 2.67. The van der Waals surface area contributed by atoms with Crippen molar-refractivity contribution in [2.24, 2.45) is 4.99 Å². The molecule has 0 radical (unpaired) electrons. The number of carbonyl (C=O) groups excluding carboxylic acids is 1. The number of hydrogen-bond donors (Lipinski definition) is 2. The van der Waals surface area contributed by atoms with E-state index in [-0.39, 0.29) is 35.8 Å². The largest absolute Gasteiger partial charge is 0.378 e. The predicted molar refractivity (Wildman–Crippen MR) is 115 cm³/mol. The van der Waals surface area contributed by atoms with Crippen molar-refractivity contribution in [2.75, 3.05) is 45.9 Å². The van der Waals surface area contributed by atoms with E-state index in [2.05, 4.69) is 21.5 Å². The van der Waals surface area contributed by atoms with Gasteiger partial charge in [-0.1, -0.05) is 36.3 Å². The summed E-state index contributed by atoms with van der Waals surface area (Å²) < 4.78 is 5.35. The number of morpholine rings is 1. The molecular formula is C19H27IN4O2. The number of ether oxygens (including phenoxy) is 1. The summed E-state index contributed by atoms with van der Waals surface area (Å²) in [5.74, 6) is 2.92. The zero-order chi connectivity index (χ0) is 17.9. The van der Waals surface area contributed by atoms with Crippen molar-refractivity contribution in [1.82, 2.24) is 15.5 Å². The zero-order valence-corrected chi connectivity index (χ0v) is 17.4. The van der Waals surface area contributed by atoms with Crippen molar-refractivity contribution in [1.29, 1.82) is 0 Å². The Kier molecular flexibility index (Phi) is 10.7. The van der Waals surface area contributed by atoms with Crippen molar-refractivity contribution in [3.63, 3.8) is 0 Å². The fourth-order valence-corrected chi connectivity index (χ4v) is 2.67. The third-order valence-electron chi connectivity index (χ3n) is 3.96. The number of aliphatic imine (C=N–C) groups is 1. The average molecular weight is 470 g/mol. The molecule has 0 aromatic heterocycles. The Labute approximate surface area is 172 Å². The van der Waals surface area contributed by atoms with Crippen LogP contribution >= 0.6 is 24.0 Å². The molecule has 1 aromatic carbocycles. The Morgan fingerprint density at radius 2 is 2.00 bits per heavy atom. The highest BCUT2D eigenvalue weighted by Gasteiger charge is 2.27. The molecule has 142 valence electrons. The van der Waals surface area contributed by atoms with Gasteiger partial charge in [0.05, 0.1) is 32.2 Å². The molecule has 1 amide bonds. The summed E-state index contributed by atoms with van der Waals surface area (Å²) in [6, 6.07) is 9.78. The van der Waals surface area contributed by atoms with Gasteiger partial charge >= 0.3 is 0 Å². The summed E-state index contributed by atoms with van der Waals surface area (Å²) in [4.78, 5) is 19.4. The van der Waals surface area contributed by atoms with Gasteiger partial charge < -0.3 is 20.3 Å². The second kappa shape index (κ2) is 12.5. The van der Waals surface area contributed by atoms with E-state index >= 15 is 0 Å². The molecule has 1 aromatic rings. The normalized spacial score (nSPS) is 15.4. The minimum Gasteiger partial charge on any atom is -0.378 e. The summed E-state index contributed by atoms with van der Waals surface area (Å²) in [7, 11) is 0. The van der Waals surface area contributed by atoms with Crippen LogP contribution in [0.4, 0.5) is 0 Å². The quantitative estimate of drug-likeness (QED) is 0.286. The smallest absolute Gasteiger partial charge is 0.232 e. The molecule has 1 saturated heterocycles. The highest BCUT2D eigenvalue weighted by molar-refractivity contribution is 14.0. The lowest BCUT2D eigenvalue weighted by Crippen LogP contribution is -2.44. The molecule has 2 rings (SSSR count). The van der Waals surface area contributed by atoms with Gasteiger partial charge in [-0.3, -0.25) is 9.79 Å². The Bertz CT molecular complexity index is 610. The van der Waals surface area contributed by atoms with Gasteiger partial charge in [0.1, 0.15) is 0 Å². The van der Waals surface area contributed by atoms with Gasteiger partial charge in [-0.15, -0.1) is 30.4 Å². The number of rotatable bonds is 6. The first-order valence-corrected chi connectivity index (χ1v) is 8.63. The summed E-state index contributed by atoms with van der Waals surface area (Å²) in [6.07, 6.45) is 5.30. The maximum Gasteiger partial charge on any atom is 0.232 e. The van der Waals surface area contributed by atoms with Gasteiger partial charge in [0.15, 0.2) is 5.96 Å². The average Bonchev–Trinajstić information content (AvgIpc) is 2.67. The molecule has 7 heteroatoms. The highest BCUT2D eigenvalue weighted by atomic mass is 127. The van der Waals surface area contributed by atoms with Gasteiger partial charge in [0, 0.05) is 19.6 Å². The Balaban J connectivity index is 0.00000338. The van der Waals surface area contributed by atoms with Crippen LogP contribution in [0.2, 0.25) is 0 Å². The Morgan fingerprint density at radius 1 is 1.31 bits per heavy atom. The molecule has 1 aliphatic rings. The van der Waals surface area contributed by atoms with Gasteiger partial charge in [0.25, 0.3) is 0 Å². The monoisotopic (exact) mass is 470 g/mol. The summed E-state index contributed by atoms with van der Waals surface area (Å²) in [5.41, 5.74) is 0.968. The van der Waals surface area contributed by atoms with Crippen LogP contribution in [0.15, 0.2) is 35.3 Å². The van der Waals surface area contributed by atoms with E-state index < -0.39 is 0 Å². The second-order valence-corrected chi connectivity index (χ2v) is 5.68. The number of nitrogens with one attached hydrogen (secondary N) is 2. The number of guanidine groups is 1. The molecule has 6 nitrogen and oxygen atoms in total. The van der Waals surface area contributed by atoms with E-state index in [0.717, 1.165) is 12.1 Å². The van der Waals surface area contributed by atoms with Gasteiger partial charge in [-0.25, -0.2) is 0 Å². The number of terminal acetylenes is 1. The number of carbonyl (C=O) groups is 1. The number of benzene rings is 1.